The largest absolute Gasteiger partial charge is 0.399 e. The molecule has 0 aliphatic rings. The second-order valence-corrected chi connectivity index (χ2v) is 5.00. The first-order valence-electron chi connectivity index (χ1n) is 6.24. The lowest BCUT2D eigenvalue weighted by atomic mass is 10.2. The van der Waals surface area contributed by atoms with Crippen molar-refractivity contribution in [2.75, 3.05) is 30.7 Å². The topological polar surface area (TPSA) is 58.4 Å². The predicted octanol–water partition coefficient (Wildman–Crippen LogP) is 3.25. The molecule has 1 rings (SSSR count). The highest BCUT2D eigenvalue weighted by atomic mass is 35.5. The van der Waals surface area contributed by atoms with Crippen molar-refractivity contribution in [1.82, 2.24) is 4.90 Å². The summed E-state index contributed by atoms with van der Waals surface area (Å²) in [6.07, 6.45) is 0.402. The van der Waals surface area contributed by atoms with Crippen LogP contribution in [-0.2, 0) is 4.79 Å². The van der Waals surface area contributed by atoms with E-state index in [0.717, 1.165) is 13.1 Å². The number of halogens is 2. The quantitative estimate of drug-likeness (QED) is 0.793. The van der Waals surface area contributed by atoms with Crippen molar-refractivity contribution in [1.29, 1.82) is 0 Å². The van der Waals surface area contributed by atoms with Crippen molar-refractivity contribution in [3.63, 3.8) is 0 Å². The minimum atomic E-state index is -0.111. The monoisotopic (exact) mass is 303 g/mol. The number of carbonyl (C=O) groups excluding carboxylic acids is 1. The summed E-state index contributed by atoms with van der Waals surface area (Å²) in [6, 6.07) is 3.13. The Morgan fingerprint density at radius 1 is 1.26 bits per heavy atom. The van der Waals surface area contributed by atoms with Crippen molar-refractivity contribution in [2.45, 2.75) is 20.3 Å². The normalized spacial score (nSPS) is 10.8. The summed E-state index contributed by atoms with van der Waals surface area (Å²) in [5.74, 6) is -0.111. The lowest BCUT2D eigenvalue weighted by Gasteiger charge is -2.17. The van der Waals surface area contributed by atoms with E-state index < -0.39 is 0 Å². The molecule has 3 N–H and O–H groups in total. The molecule has 1 aromatic carbocycles. The number of amides is 1. The predicted molar refractivity (Wildman–Crippen MR) is 81.9 cm³/mol. The highest BCUT2D eigenvalue weighted by Crippen LogP contribution is 2.32. The summed E-state index contributed by atoms with van der Waals surface area (Å²) in [5.41, 5.74) is 6.49. The molecule has 1 aromatic rings. The number of nitrogen functional groups attached to an aromatic ring is 1. The van der Waals surface area contributed by atoms with E-state index in [1.807, 2.05) is 0 Å². The first-order valence-corrected chi connectivity index (χ1v) is 7.00. The van der Waals surface area contributed by atoms with Gasteiger partial charge in [0.25, 0.3) is 0 Å². The first kappa shape index (κ1) is 16.1. The Morgan fingerprint density at radius 2 is 1.79 bits per heavy atom. The van der Waals surface area contributed by atoms with Crippen LogP contribution in [0.15, 0.2) is 12.1 Å². The van der Waals surface area contributed by atoms with Crippen LogP contribution in [0, 0.1) is 0 Å². The van der Waals surface area contributed by atoms with Gasteiger partial charge in [0.2, 0.25) is 5.91 Å². The molecule has 0 saturated carbocycles. The SMILES string of the molecule is CCN(CC)CCC(=O)Nc1c(Cl)cc(N)cc1Cl. The van der Waals surface area contributed by atoms with E-state index in [9.17, 15) is 4.79 Å². The van der Waals surface area contributed by atoms with E-state index in [-0.39, 0.29) is 5.91 Å². The van der Waals surface area contributed by atoms with Gasteiger partial charge in [0, 0.05) is 18.7 Å². The van der Waals surface area contributed by atoms with Gasteiger partial charge in [-0.2, -0.15) is 0 Å². The zero-order valence-corrected chi connectivity index (χ0v) is 12.7. The molecule has 106 valence electrons. The van der Waals surface area contributed by atoms with Gasteiger partial charge in [-0.15, -0.1) is 0 Å². The van der Waals surface area contributed by atoms with Crippen LogP contribution in [0.25, 0.3) is 0 Å². The number of benzene rings is 1. The van der Waals surface area contributed by atoms with Gasteiger partial charge in [-0.3, -0.25) is 4.79 Å². The summed E-state index contributed by atoms with van der Waals surface area (Å²) in [4.78, 5) is 14.0. The van der Waals surface area contributed by atoms with Crippen LogP contribution in [0.5, 0.6) is 0 Å². The molecule has 0 radical (unpaired) electrons. The lowest BCUT2D eigenvalue weighted by molar-refractivity contribution is -0.116. The molecule has 0 unspecified atom stereocenters. The molecule has 1 amide bonds. The average Bonchev–Trinajstić information content (AvgIpc) is 2.35. The number of hydrogen-bond acceptors (Lipinski definition) is 3. The fourth-order valence-electron chi connectivity index (χ4n) is 1.71. The van der Waals surface area contributed by atoms with Gasteiger partial charge >= 0.3 is 0 Å². The van der Waals surface area contributed by atoms with Gasteiger partial charge < -0.3 is 16.0 Å². The van der Waals surface area contributed by atoms with E-state index >= 15 is 0 Å². The summed E-state index contributed by atoms with van der Waals surface area (Å²) in [7, 11) is 0. The van der Waals surface area contributed by atoms with E-state index in [1.165, 1.54) is 0 Å². The maximum absolute atomic E-state index is 11.9. The first-order chi connectivity index (χ1) is 8.97. The number of anilines is 2. The second-order valence-electron chi connectivity index (χ2n) is 4.18. The zero-order chi connectivity index (χ0) is 14.4. The number of nitrogens with two attached hydrogens (primary N) is 1. The molecule has 19 heavy (non-hydrogen) atoms. The Morgan fingerprint density at radius 3 is 2.26 bits per heavy atom. The van der Waals surface area contributed by atoms with Crippen LogP contribution >= 0.6 is 23.2 Å². The van der Waals surface area contributed by atoms with Crippen molar-refractivity contribution in [3.05, 3.63) is 22.2 Å². The fourth-order valence-corrected chi connectivity index (χ4v) is 2.31. The van der Waals surface area contributed by atoms with Crippen LogP contribution in [0.2, 0.25) is 10.0 Å². The molecule has 0 aromatic heterocycles. The molecule has 0 aliphatic carbocycles. The third kappa shape index (κ3) is 4.90. The Hall–Kier alpha value is -0.970. The van der Waals surface area contributed by atoms with Crippen LogP contribution in [0.4, 0.5) is 11.4 Å². The van der Waals surface area contributed by atoms with Crippen molar-refractivity contribution in [2.24, 2.45) is 0 Å². The minimum Gasteiger partial charge on any atom is -0.399 e. The second kappa shape index (κ2) is 7.58. The molecule has 0 atom stereocenters. The summed E-state index contributed by atoms with van der Waals surface area (Å²) in [6.45, 7) is 6.69. The van der Waals surface area contributed by atoms with Crippen molar-refractivity contribution >= 4 is 40.5 Å². The van der Waals surface area contributed by atoms with Crippen LogP contribution in [-0.4, -0.2) is 30.4 Å². The van der Waals surface area contributed by atoms with Crippen molar-refractivity contribution in [3.8, 4) is 0 Å². The van der Waals surface area contributed by atoms with Crippen LogP contribution < -0.4 is 11.1 Å². The van der Waals surface area contributed by atoms with Gasteiger partial charge in [-0.1, -0.05) is 37.0 Å². The molecule has 0 fully saturated rings. The number of carbonyl (C=O) groups is 1. The standard InChI is InChI=1S/C13H19Cl2N3O/c1-3-18(4-2)6-5-12(19)17-13-10(14)7-9(16)8-11(13)15/h7-8H,3-6,16H2,1-2H3,(H,17,19). The highest BCUT2D eigenvalue weighted by Gasteiger charge is 2.11. The van der Waals surface area contributed by atoms with Crippen LogP contribution in [0.3, 0.4) is 0 Å². The highest BCUT2D eigenvalue weighted by molar-refractivity contribution is 6.40. The number of nitrogens with one attached hydrogen (secondary N) is 1. The number of hydrogen-bond donors (Lipinski definition) is 2. The molecule has 0 aliphatic heterocycles. The molecule has 0 heterocycles. The van der Waals surface area contributed by atoms with Gasteiger partial charge in [0.15, 0.2) is 0 Å². The third-order valence-electron chi connectivity index (χ3n) is 2.88. The maximum atomic E-state index is 11.9. The lowest BCUT2D eigenvalue weighted by Crippen LogP contribution is -2.27. The summed E-state index contributed by atoms with van der Waals surface area (Å²) < 4.78 is 0. The number of nitrogens with zero attached hydrogens (tertiary/aromatic N) is 1. The van der Waals surface area contributed by atoms with Gasteiger partial charge in [0.1, 0.15) is 0 Å². The Balaban J connectivity index is 2.62. The Kier molecular flexibility index (Phi) is 6.42. The molecular weight excluding hydrogens is 285 g/mol. The zero-order valence-electron chi connectivity index (χ0n) is 11.2. The molecule has 4 nitrogen and oxygen atoms in total. The molecule has 6 heteroatoms. The van der Waals surface area contributed by atoms with Gasteiger partial charge in [0.05, 0.1) is 15.7 Å². The van der Waals surface area contributed by atoms with Gasteiger partial charge in [-0.05, 0) is 25.2 Å². The van der Waals surface area contributed by atoms with Crippen LogP contribution in [0.1, 0.15) is 20.3 Å². The molecule has 0 bridgehead atoms. The smallest absolute Gasteiger partial charge is 0.225 e. The summed E-state index contributed by atoms with van der Waals surface area (Å²) >= 11 is 12.0. The molecule has 0 saturated heterocycles. The maximum Gasteiger partial charge on any atom is 0.225 e. The number of rotatable bonds is 6. The van der Waals surface area contributed by atoms with E-state index in [4.69, 9.17) is 28.9 Å². The van der Waals surface area contributed by atoms with E-state index in [1.54, 1.807) is 12.1 Å². The minimum absolute atomic E-state index is 0.111. The third-order valence-corrected chi connectivity index (χ3v) is 3.47. The Bertz CT molecular complexity index is 425. The molecule has 0 spiro atoms. The average molecular weight is 304 g/mol. The Labute approximate surface area is 123 Å². The van der Waals surface area contributed by atoms with Gasteiger partial charge in [-0.25, -0.2) is 0 Å². The fraction of sp³-hybridized carbons (Fsp3) is 0.462. The summed E-state index contributed by atoms with van der Waals surface area (Å²) in [5, 5.41) is 3.42. The van der Waals surface area contributed by atoms with E-state index in [0.29, 0.717) is 34.4 Å². The molecular formula is C13H19Cl2N3O. The van der Waals surface area contributed by atoms with E-state index in [2.05, 4.69) is 24.1 Å². The van der Waals surface area contributed by atoms with Crippen molar-refractivity contribution < 1.29 is 4.79 Å².